The molecule has 1 N–H and O–H groups in total. The van der Waals surface area contributed by atoms with Crippen molar-refractivity contribution in [3.63, 3.8) is 0 Å². The van der Waals surface area contributed by atoms with Gasteiger partial charge in [0.2, 0.25) is 0 Å². The van der Waals surface area contributed by atoms with E-state index in [-0.39, 0.29) is 0 Å². The van der Waals surface area contributed by atoms with Crippen LogP contribution in [-0.4, -0.2) is 26.2 Å². The Morgan fingerprint density at radius 2 is 1.86 bits per heavy atom. The summed E-state index contributed by atoms with van der Waals surface area (Å²) in [5.41, 5.74) is 2.53. The highest BCUT2D eigenvalue weighted by Crippen LogP contribution is 2.26. The molecule has 0 spiro atoms. The van der Waals surface area contributed by atoms with Crippen molar-refractivity contribution >= 4 is 16.5 Å². The average molecular weight is 282 g/mol. The Balaban J connectivity index is 2.14. The molecule has 112 valence electrons. The topological polar surface area (TPSA) is 15.3 Å². The summed E-state index contributed by atoms with van der Waals surface area (Å²) >= 11 is 0. The summed E-state index contributed by atoms with van der Waals surface area (Å²) in [5, 5.41) is 6.04. The van der Waals surface area contributed by atoms with Gasteiger partial charge in [0.15, 0.2) is 0 Å². The number of nitrogens with one attached hydrogen (secondary N) is 1. The van der Waals surface area contributed by atoms with Gasteiger partial charge in [0.25, 0.3) is 0 Å². The molecular formula is C19H26N2. The van der Waals surface area contributed by atoms with Crippen LogP contribution in [0.5, 0.6) is 0 Å². The van der Waals surface area contributed by atoms with Gasteiger partial charge < -0.3 is 10.2 Å². The average Bonchev–Trinajstić information content (AvgIpc) is 2.52. The molecule has 2 nitrogen and oxygen atoms in total. The monoisotopic (exact) mass is 282 g/mol. The zero-order chi connectivity index (χ0) is 15.1. The van der Waals surface area contributed by atoms with Crippen LogP contribution in [0.4, 0.5) is 5.69 Å². The first-order valence-corrected chi connectivity index (χ1v) is 7.86. The molecule has 0 atom stereocenters. The Kier molecular flexibility index (Phi) is 5.82. The molecule has 0 aliphatic rings. The molecule has 0 aliphatic carbocycles. The van der Waals surface area contributed by atoms with Crippen LogP contribution >= 0.6 is 0 Å². The zero-order valence-electron chi connectivity index (χ0n) is 13.2. The third-order valence-corrected chi connectivity index (χ3v) is 3.71. The van der Waals surface area contributed by atoms with E-state index in [1.165, 1.54) is 22.0 Å². The number of hydrogen-bond acceptors (Lipinski definition) is 2. The molecule has 0 aromatic heterocycles. The number of rotatable bonds is 8. The molecule has 0 saturated carbocycles. The van der Waals surface area contributed by atoms with E-state index in [1.54, 1.807) is 0 Å². The number of fused-ring (bicyclic) bond motifs is 1. The van der Waals surface area contributed by atoms with Crippen molar-refractivity contribution in [2.24, 2.45) is 0 Å². The third kappa shape index (κ3) is 4.08. The van der Waals surface area contributed by atoms with E-state index in [1.807, 2.05) is 0 Å². The van der Waals surface area contributed by atoms with Crippen LogP contribution in [0.3, 0.4) is 0 Å². The van der Waals surface area contributed by atoms with Gasteiger partial charge in [-0.15, -0.1) is 0 Å². The molecule has 0 radical (unpaired) electrons. The lowest BCUT2D eigenvalue weighted by molar-refractivity contribution is 0.701. The second kappa shape index (κ2) is 7.84. The lowest BCUT2D eigenvalue weighted by Crippen LogP contribution is -2.29. The highest BCUT2D eigenvalue weighted by molar-refractivity contribution is 5.94. The molecule has 0 saturated heterocycles. The SMILES string of the molecule is C=C(CNCCC)CN(CC)c1cccc2ccccc12. The second-order valence-corrected chi connectivity index (χ2v) is 5.44. The number of likely N-dealkylation sites (N-methyl/N-ethyl adjacent to an activating group) is 1. The Hall–Kier alpha value is -1.80. The quantitative estimate of drug-likeness (QED) is 0.576. The molecule has 0 unspecified atom stereocenters. The summed E-state index contributed by atoms with van der Waals surface area (Å²) in [7, 11) is 0. The molecule has 0 bridgehead atoms. The van der Waals surface area contributed by atoms with Crippen LogP contribution in [0.25, 0.3) is 10.8 Å². The summed E-state index contributed by atoms with van der Waals surface area (Å²) in [4.78, 5) is 2.40. The number of hydrogen-bond donors (Lipinski definition) is 1. The molecule has 0 amide bonds. The molecule has 2 aromatic rings. The van der Waals surface area contributed by atoms with E-state index in [4.69, 9.17) is 0 Å². The normalized spacial score (nSPS) is 10.8. The summed E-state index contributed by atoms with van der Waals surface area (Å²) in [5.74, 6) is 0. The summed E-state index contributed by atoms with van der Waals surface area (Å²) in [6.07, 6.45) is 1.16. The van der Waals surface area contributed by atoms with Gasteiger partial charge in [-0.05, 0) is 36.9 Å². The van der Waals surface area contributed by atoms with E-state index in [0.717, 1.165) is 32.6 Å². The highest BCUT2D eigenvalue weighted by Gasteiger charge is 2.09. The summed E-state index contributed by atoms with van der Waals surface area (Å²) in [6.45, 7) is 12.4. The zero-order valence-corrected chi connectivity index (χ0v) is 13.2. The van der Waals surface area contributed by atoms with Crippen molar-refractivity contribution in [1.82, 2.24) is 5.32 Å². The number of anilines is 1. The van der Waals surface area contributed by atoms with E-state index >= 15 is 0 Å². The first kappa shape index (κ1) is 15.6. The largest absolute Gasteiger partial charge is 0.367 e. The number of nitrogens with zero attached hydrogens (tertiary/aromatic N) is 1. The van der Waals surface area contributed by atoms with Crippen molar-refractivity contribution in [3.05, 3.63) is 54.6 Å². The Bertz CT molecular complexity index is 584. The van der Waals surface area contributed by atoms with Gasteiger partial charge in [-0.25, -0.2) is 0 Å². The van der Waals surface area contributed by atoms with Crippen LogP contribution in [0.2, 0.25) is 0 Å². The maximum absolute atomic E-state index is 4.22. The van der Waals surface area contributed by atoms with Crippen LogP contribution in [-0.2, 0) is 0 Å². The molecular weight excluding hydrogens is 256 g/mol. The van der Waals surface area contributed by atoms with Gasteiger partial charge >= 0.3 is 0 Å². The van der Waals surface area contributed by atoms with E-state index in [9.17, 15) is 0 Å². The standard InChI is InChI=1S/C19H26N2/c1-4-13-20-14-16(3)15-21(5-2)19-12-8-10-17-9-6-7-11-18(17)19/h6-12,20H,3-5,13-15H2,1-2H3. The van der Waals surface area contributed by atoms with Crippen LogP contribution < -0.4 is 10.2 Å². The lowest BCUT2D eigenvalue weighted by Gasteiger charge is -2.26. The minimum absolute atomic E-state index is 0.898. The predicted molar refractivity (Wildman–Crippen MR) is 94.1 cm³/mol. The van der Waals surface area contributed by atoms with Gasteiger partial charge in [-0.3, -0.25) is 0 Å². The fourth-order valence-corrected chi connectivity index (χ4v) is 2.62. The number of benzene rings is 2. The van der Waals surface area contributed by atoms with Gasteiger partial charge in [0.05, 0.1) is 0 Å². The van der Waals surface area contributed by atoms with Crippen molar-refractivity contribution in [2.75, 3.05) is 31.1 Å². The van der Waals surface area contributed by atoms with Gasteiger partial charge in [-0.2, -0.15) is 0 Å². The predicted octanol–water partition coefficient (Wildman–Crippen LogP) is 4.22. The summed E-state index contributed by atoms with van der Waals surface area (Å²) in [6, 6.07) is 15.1. The maximum Gasteiger partial charge on any atom is 0.0448 e. The highest BCUT2D eigenvalue weighted by atomic mass is 15.1. The minimum Gasteiger partial charge on any atom is -0.367 e. The van der Waals surface area contributed by atoms with Crippen LogP contribution in [0, 0.1) is 0 Å². The molecule has 2 rings (SSSR count). The molecule has 2 heteroatoms. The molecule has 21 heavy (non-hydrogen) atoms. The van der Waals surface area contributed by atoms with Crippen LogP contribution in [0.15, 0.2) is 54.6 Å². The van der Waals surface area contributed by atoms with Crippen LogP contribution in [0.1, 0.15) is 20.3 Å². The van der Waals surface area contributed by atoms with Crippen molar-refractivity contribution in [2.45, 2.75) is 20.3 Å². The maximum atomic E-state index is 4.22. The van der Waals surface area contributed by atoms with Gasteiger partial charge in [0.1, 0.15) is 0 Å². The Labute approximate surface area is 128 Å². The fraction of sp³-hybridized carbons (Fsp3) is 0.368. The smallest absolute Gasteiger partial charge is 0.0448 e. The van der Waals surface area contributed by atoms with Gasteiger partial charge in [0, 0.05) is 30.7 Å². The Morgan fingerprint density at radius 1 is 1.10 bits per heavy atom. The van der Waals surface area contributed by atoms with E-state index in [0.29, 0.717) is 0 Å². The van der Waals surface area contributed by atoms with Gasteiger partial charge in [-0.1, -0.05) is 49.9 Å². The molecule has 0 fully saturated rings. The minimum atomic E-state index is 0.898. The lowest BCUT2D eigenvalue weighted by atomic mass is 10.1. The molecule has 0 aliphatic heterocycles. The van der Waals surface area contributed by atoms with Crippen molar-refractivity contribution < 1.29 is 0 Å². The van der Waals surface area contributed by atoms with E-state index < -0.39 is 0 Å². The third-order valence-electron chi connectivity index (χ3n) is 3.71. The first-order chi connectivity index (χ1) is 10.3. The molecule has 0 heterocycles. The second-order valence-electron chi connectivity index (χ2n) is 5.44. The van der Waals surface area contributed by atoms with Crippen molar-refractivity contribution in [1.29, 1.82) is 0 Å². The van der Waals surface area contributed by atoms with E-state index in [2.05, 4.69) is 73.1 Å². The summed E-state index contributed by atoms with van der Waals surface area (Å²) < 4.78 is 0. The molecule has 2 aromatic carbocycles. The fourth-order valence-electron chi connectivity index (χ4n) is 2.62. The van der Waals surface area contributed by atoms with Crippen molar-refractivity contribution in [3.8, 4) is 0 Å². The first-order valence-electron chi connectivity index (χ1n) is 7.86. The Morgan fingerprint density at radius 3 is 2.62 bits per heavy atom.